The van der Waals surface area contributed by atoms with Crippen molar-refractivity contribution in [2.24, 2.45) is 5.92 Å². The van der Waals surface area contributed by atoms with Crippen molar-refractivity contribution in [3.05, 3.63) is 64.4 Å². The molecule has 2 atom stereocenters. The van der Waals surface area contributed by atoms with Crippen LogP contribution in [0.5, 0.6) is 0 Å². The summed E-state index contributed by atoms with van der Waals surface area (Å²) < 4.78 is 0. The first-order valence-corrected chi connectivity index (χ1v) is 10.5. The van der Waals surface area contributed by atoms with Gasteiger partial charge in [-0.3, -0.25) is 20.6 Å². The minimum absolute atomic E-state index is 0.0358. The lowest BCUT2D eigenvalue weighted by atomic mass is 9.91. The number of pyridine rings is 1. The van der Waals surface area contributed by atoms with Crippen LogP contribution in [0.3, 0.4) is 0 Å². The van der Waals surface area contributed by atoms with Crippen molar-refractivity contribution >= 4 is 17.5 Å². The van der Waals surface area contributed by atoms with E-state index in [-0.39, 0.29) is 17.9 Å². The molecule has 0 spiro atoms. The Labute approximate surface area is 171 Å². The summed E-state index contributed by atoms with van der Waals surface area (Å²) in [4.78, 5) is 19.7. The Hall–Kier alpha value is -1.95. The molecule has 2 unspecified atom stereocenters. The highest BCUT2D eigenvalue weighted by molar-refractivity contribution is 6.31. The lowest BCUT2D eigenvalue weighted by Crippen LogP contribution is -2.44. The number of nitrogens with zero attached hydrogens (tertiary/aromatic N) is 2. The average molecular weight is 399 g/mol. The van der Waals surface area contributed by atoms with E-state index < -0.39 is 0 Å². The number of likely N-dealkylation sites (tertiary alicyclic amines) is 1. The van der Waals surface area contributed by atoms with Crippen LogP contribution in [0.25, 0.3) is 0 Å². The molecule has 2 aliphatic rings. The normalized spacial score (nSPS) is 23.1. The van der Waals surface area contributed by atoms with E-state index in [0.29, 0.717) is 12.5 Å². The van der Waals surface area contributed by atoms with Gasteiger partial charge in [-0.05, 0) is 43.5 Å². The molecule has 1 amide bonds. The summed E-state index contributed by atoms with van der Waals surface area (Å²) in [6.45, 7) is 4.39. The lowest BCUT2D eigenvalue weighted by Gasteiger charge is -2.34. The van der Waals surface area contributed by atoms with E-state index in [1.165, 1.54) is 0 Å². The van der Waals surface area contributed by atoms with Gasteiger partial charge in [0.2, 0.25) is 5.91 Å². The molecule has 1 aromatic heterocycles. The lowest BCUT2D eigenvalue weighted by molar-refractivity contribution is -0.136. The third kappa shape index (κ3) is 4.22. The zero-order valence-electron chi connectivity index (χ0n) is 16.2. The van der Waals surface area contributed by atoms with Crippen molar-refractivity contribution in [1.82, 2.24) is 20.7 Å². The number of hydrogen-bond donors (Lipinski definition) is 2. The third-order valence-electron chi connectivity index (χ3n) is 5.96. The van der Waals surface area contributed by atoms with E-state index in [1.807, 2.05) is 23.1 Å². The minimum Gasteiger partial charge on any atom is -0.342 e. The molecule has 4 rings (SSSR count). The number of benzene rings is 1. The first-order valence-electron chi connectivity index (χ1n) is 10.1. The second kappa shape index (κ2) is 8.60. The van der Waals surface area contributed by atoms with Crippen molar-refractivity contribution < 1.29 is 4.79 Å². The van der Waals surface area contributed by atoms with E-state index in [1.54, 1.807) is 0 Å². The summed E-state index contributed by atoms with van der Waals surface area (Å²) in [6.07, 6.45) is 2.68. The van der Waals surface area contributed by atoms with Gasteiger partial charge in [0.25, 0.3) is 0 Å². The smallest absolute Gasteiger partial charge is 0.228 e. The Balaban J connectivity index is 1.38. The van der Waals surface area contributed by atoms with Gasteiger partial charge >= 0.3 is 0 Å². The Morgan fingerprint density at radius 3 is 2.68 bits per heavy atom. The Morgan fingerprint density at radius 1 is 1.18 bits per heavy atom. The van der Waals surface area contributed by atoms with Crippen LogP contribution in [-0.2, 0) is 11.2 Å². The van der Waals surface area contributed by atoms with Crippen LogP contribution in [0.1, 0.15) is 42.6 Å². The minimum atomic E-state index is 0.0358. The Morgan fingerprint density at radius 2 is 1.96 bits per heavy atom. The van der Waals surface area contributed by atoms with Crippen molar-refractivity contribution in [2.45, 2.75) is 38.1 Å². The van der Waals surface area contributed by atoms with Gasteiger partial charge < -0.3 is 4.90 Å². The Kier molecular flexibility index (Phi) is 5.95. The van der Waals surface area contributed by atoms with Crippen molar-refractivity contribution in [1.29, 1.82) is 0 Å². The number of carbonyl (C=O) groups excluding carboxylic acids is 1. The van der Waals surface area contributed by atoms with Gasteiger partial charge in [-0.25, -0.2) is 0 Å². The highest BCUT2D eigenvalue weighted by Gasteiger charge is 2.34. The highest BCUT2D eigenvalue weighted by Crippen LogP contribution is 2.28. The molecule has 2 saturated heterocycles. The molecule has 2 aromatic rings. The first kappa shape index (κ1) is 19.4. The van der Waals surface area contributed by atoms with Crippen LogP contribution in [0.2, 0.25) is 5.02 Å². The topological polar surface area (TPSA) is 57.3 Å². The van der Waals surface area contributed by atoms with Crippen LogP contribution >= 0.6 is 11.6 Å². The molecule has 0 bridgehead atoms. The number of amides is 1. The Bertz CT molecular complexity index is 835. The van der Waals surface area contributed by atoms with Crippen molar-refractivity contribution in [3.63, 3.8) is 0 Å². The van der Waals surface area contributed by atoms with Gasteiger partial charge in [0, 0.05) is 54.4 Å². The summed E-state index contributed by atoms with van der Waals surface area (Å²) in [5.41, 5.74) is 9.50. The summed E-state index contributed by atoms with van der Waals surface area (Å²) in [6, 6.07) is 14.4. The second-order valence-corrected chi connectivity index (χ2v) is 8.25. The quantitative estimate of drug-likeness (QED) is 0.830. The number of aromatic nitrogens is 1. The molecule has 2 fully saturated rings. The van der Waals surface area contributed by atoms with Crippen molar-refractivity contribution in [3.8, 4) is 0 Å². The standard InChI is InChI=1S/C22H27ClN4O/c1-15-19(14-24-26-15)22(28)27-11-9-16(10-12-27)21-8-4-6-18(25-21)13-17-5-2-3-7-20(17)23/h2-8,15-16,19,24,26H,9-14H2,1H3. The van der Waals surface area contributed by atoms with Crippen LogP contribution in [-0.4, -0.2) is 41.5 Å². The molecular formula is C22H27ClN4O. The first-order chi connectivity index (χ1) is 13.6. The molecule has 0 saturated carbocycles. The summed E-state index contributed by atoms with van der Waals surface area (Å²) >= 11 is 6.30. The maximum Gasteiger partial charge on any atom is 0.228 e. The van der Waals surface area contributed by atoms with Gasteiger partial charge in [-0.2, -0.15) is 0 Å². The summed E-state index contributed by atoms with van der Waals surface area (Å²) in [7, 11) is 0. The van der Waals surface area contributed by atoms with Crippen molar-refractivity contribution in [2.75, 3.05) is 19.6 Å². The predicted molar refractivity (Wildman–Crippen MR) is 111 cm³/mol. The molecule has 2 N–H and O–H groups in total. The molecule has 5 nitrogen and oxygen atoms in total. The monoisotopic (exact) mass is 398 g/mol. The van der Waals surface area contributed by atoms with Crippen LogP contribution in [0.15, 0.2) is 42.5 Å². The largest absolute Gasteiger partial charge is 0.342 e. The number of hydrazine groups is 1. The van der Waals surface area contributed by atoms with Crippen LogP contribution in [0, 0.1) is 5.92 Å². The maximum absolute atomic E-state index is 12.8. The molecule has 3 heterocycles. The van der Waals surface area contributed by atoms with E-state index in [9.17, 15) is 4.79 Å². The number of halogens is 1. The fraction of sp³-hybridized carbons (Fsp3) is 0.455. The van der Waals surface area contributed by atoms with Gasteiger partial charge in [0.15, 0.2) is 0 Å². The van der Waals surface area contributed by atoms with E-state index >= 15 is 0 Å². The molecule has 28 heavy (non-hydrogen) atoms. The average Bonchev–Trinajstić information content (AvgIpc) is 3.15. The molecule has 0 radical (unpaired) electrons. The maximum atomic E-state index is 12.8. The second-order valence-electron chi connectivity index (χ2n) is 7.84. The number of nitrogens with one attached hydrogen (secondary N) is 2. The molecule has 1 aromatic carbocycles. The molecular weight excluding hydrogens is 372 g/mol. The SMILES string of the molecule is CC1NNCC1C(=O)N1CCC(c2cccc(Cc3ccccc3Cl)n2)CC1. The van der Waals surface area contributed by atoms with Gasteiger partial charge in [-0.1, -0.05) is 35.9 Å². The third-order valence-corrected chi connectivity index (χ3v) is 6.32. The zero-order chi connectivity index (χ0) is 19.5. The van der Waals surface area contributed by atoms with Gasteiger partial charge in [-0.15, -0.1) is 0 Å². The number of piperidine rings is 1. The van der Waals surface area contributed by atoms with Gasteiger partial charge in [0.05, 0.1) is 5.92 Å². The molecule has 6 heteroatoms. The van der Waals surface area contributed by atoms with E-state index in [0.717, 1.165) is 54.3 Å². The number of rotatable bonds is 4. The van der Waals surface area contributed by atoms with E-state index in [2.05, 4.69) is 42.0 Å². The van der Waals surface area contributed by atoms with E-state index in [4.69, 9.17) is 16.6 Å². The summed E-state index contributed by atoms with van der Waals surface area (Å²) in [5.74, 6) is 0.713. The fourth-order valence-corrected chi connectivity index (χ4v) is 4.40. The van der Waals surface area contributed by atoms with Crippen LogP contribution in [0.4, 0.5) is 0 Å². The molecule has 148 valence electrons. The zero-order valence-corrected chi connectivity index (χ0v) is 17.0. The van der Waals surface area contributed by atoms with Gasteiger partial charge in [0.1, 0.15) is 0 Å². The molecule has 0 aliphatic carbocycles. The number of hydrogen-bond acceptors (Lipinski definition) is 4. The number of carbonyl (C=O) groups is 1. The summed E-state index contributed by atoms with van der Waals surface area (Å²) in [5, 5.41) is 0.784. The molecule has 2 aliphatic heterocycles. The highest BCUT2D eigenvalue weighted by atomic mass is 35.5. The fourth-order valence-electron chi connectivity index (χ4n) is 4.20. The predicted octanol–water partition coefficient (Wildman–Crippen LogP) is 3.14. The van der Waals surface area contributed by atoms with Crippen LogP contribution < -0.4 is 10.9 Å².